The molecule has 0 aliphatic carbocycles. The van der Waals surface area contributed by atoms with Crippen LogP contribution in [-0.4, -0.2) is 34.6 Å². The van der Waals surface area contributed by atoms with E-state index in [0.717, 1.165) is 5.69 Å². The zero-order valence-corrected chi connectivity index (χ0v) is 16.1. The molecule has 1 atom stereocenters. The Morgan fingerprint density at radius 2 is 1.93 bits per heavy atom. The molecule has 0 radical (unpaired) electrons. The summed E-state index contributed by atoms with van der Waals surface area (Å²) in [5.74, 6) is -0.811. The number of nitrogens with zero attached hydrogens (tertiary/aromatic N) is 2. The minimum Gasteiger partial charge on any atom is -0.469 e. The number of nitrogens with one attached hydrogen (secondary N) is 1. The molecule has 2 aromatic heterocycles. The van der Waals surface area contributed by atoms with Gasteiger partial charge in [0.25, 0.3) is 0 Å². The number of carbonyl (C=O) groups is 2. The van der Waals surface area contributed by atoms with Crippen molar-refractivity contribution in [1.29, 1.82) is 0 Å². The van der Waals surface area contributed by atoms with E-state index in [1.165, 1.54) is 7.11 Å². The monoisotopic (exact) mass is 371 g/mol. The van der Waals surface area contributed by atoms with Crippen LogP contribution in [0.2, 0.25) is 0 Å². The van der Waals surface area contributed by atoms with E-state index >= 15 is 0 Å². The van der Waals surface area contributed by atoms with E-state index in [0.29, 0.717) is 12.2 Å². The minimum absolute atomic E-state index is 0.138. The molecule has 0 aliphatic rings. The van der Waals surface area contributed by atoms with Gasteiger partial charge in [-0.05, 0) is 45.0 Å². The van der Waals surface area contributed by atoms with Gasteiger partial charge in [0.05, 0.1) is 31.0 Å². The van der Waals surface area contributed by atoms with E-state index in [9.17, 15) is 9.59 Å². The van der Waals surface area contributed by atoms with Gasteiger partial charge in [-0.25, -0.2) is 9.78 Å². The molecule has 27 heavy (non-hydrogen) atoms. The van der Waals surface area contributed by atoms with Gasteiger partial charge in [0.2, 0.25) is 0 Å². The van der Waals surface area contributed by atoms with Crippen LogP contribution in [0.3, 0.4) is 0 Å². The molecule has 2 heterocycles. The lowest BCUT2D eigenvalue weighted by Crippen LogP contribution is -2.26. The number of carbonyl (C=O) groups excluding carboxylic acids is 2. The van der Waals surface area contributed by atoms with Gasteiger partial charge in [-0.15, -0.1) is 0 Å². The van der Waals surface area contributed by atoms with Gasteiger partial charge in [0, 0.05) is 12.7 Å². The maximum atomic E-state index is 12.2. The van der Waals surface area contributed by atoms with Crippen LogP contribution in [0, 0.1) is 0 Å². The maximum absolute atomic E-state index is 12.2. The summed E-state index contributed by atoms with van der Waals surface area (Å²) >= 11 is 0. The highest BCUT2D eigenvalue weighted by molar-refractivity contribution is 5.87. The minimum atomic E-state index is -0.586. The molecule has 1 N–H and O–H groups in total. The Labute approximate surface area is 159 Å². The fourth-order valence-corrected chi connectivity index (χ4v) is 2.36. The van der Waals surface area contributed by atoms with Gasteiger partial charge in [-0.1, -0.05) is 12.1 Å². The number of aromatic nitrogens is 2. The van der Waals surface area contributed by atoms with Gasteiger partial charge >= 0.3 is 11.9 Å². The van der Waals surface area contributed by atoms with E-state index in [1.54, 1.807) is 45.2 Å². The number of rotatable bonds is 7. The summed E-state index contributed by atoms with van der Waals surface area (Å²) in [5, 5.41) is 3.25. The van der Waals surface area contributed by atoms with Gasteiger partial charge in [0.1, 0.15) is 11.3 Å². The molecule has 7 nitrogen and oxygen atoms in total. The molecule has 144 valence electrons. The van der Waals surface area contributed by atoms with Crippen molar-refractivity contribution >= 4 is 11.9 Å². The molecule has 0 spiro atoms. The third-order valence-corrected chi connectivity index (χ3v) is 3.59. The first-order valence-electron chi connectivity index (χ1n) is 8.69. The van der Waals surface area contributed by atoms with E-state index in [4.69, 9.17) is 9.47 Å². The Hall–Kier alpha value is -2.80. The summed E-state index contributed by atoms with van der Waals surface area (Å²) in [4.78, 5) is 32.5. The van der Waals surface area contributed by atoms with Gasteiger partial charge in [-0.3, -0.25) is 9.78 Å². The third kappa shape index (κ3) is 6.79. The summed E-state index contributed by atoms with van der Waals surface area (Å²) < 4.78 is 10.1. The Morgan fingerprint density at radius 1 is 1.15 bits per heavy atom. The van der Waals surface area contributed by atoms with Crippen molar-refractivity contribution in [1.82, 2.24) is 15.3 Å². The molecule has 0 saturated heterocycles. The van der Waals surface area contributed by atoms with Crippen LogP contribution < -0.4 is 5.32 Å². The predicted molar refractivity (Wildman–Crippen MR) is 99.9 cm³/mol. The Balaban J connectivity index is 2.09. The second kappa shape index (κ2) is 9.23. The standard InChI is InChI=1S/C20H25N3O4/c1-20(2,3)27-19(25)16-10-7-8-14(23-16)13-22-17(12-18(24)26-4)15-9-5-6-11-21-15/h5-11,17,22H,12-13H2,1-4H3. The first-order chi connectivity index (χ1) is 12.8. The van der Waals surface area contributed by atoms with Crippen LogP contribution in [0.15, 0.2) is 42.6 Å². The average molecular weight is 371 g/mol. The highest BCUT2D eigenvalue weighted by Gasteiger charge is 2.20. The van der Waals surface area contributed by atoms with E-state index in [1.807, 2.05) is 18.2 Å². The highest BCUT2D eigenvalue weighted by atomic mass is 16.6. The Morgan fingerprint density at radius 3 is 2.56 bits per heavy atom. The zero-order valence-electron chi connectivity index (χ0n) is 16.1. The van der Waals surface area contributed by atoms with Crippen LogP contribution in [0.5, 0.6) is 0 Å². The van der Waals surface area contributed by atoms with Crippen molar-refractivity contribution in [2.75, 3.05) is 7.11 Å². The summed E-state index contributed by atoms with van der Waals surface area (Å²) in [6, 6.07) is 10.3. The van der Waals surface area contributed by atoms with Gasteiger partial charge < -0.3 is 14.8 Å². The summed E-state index contributed by atoms with van der Waals surface area (Å²) in [6.45, 7) is 5.77. The van der Waals surface area contributed by atoms with Gasteiger partial charge in [0.15, 0.2) is 0 Å². The highest BCUT2D eigenvalue weighted by Crippen LogP contribution is 2.16. The van der Waals surface area contributed by atoms with Crippen molar-refractivity contribution in [3.05, 3.63) is 59.7 Å². The van der Waals surface area contributed by atoms with Crippen molar-refractivity contribution in [2.45, 2.75) is 45.4 Å². The molecule has 0 bridgehead atoms. The normalized spacial score (nSPS) is 12.3. The van der Waals surface area contributed by atoms with Crippen LogP contribution >= 0.6 is 0 Å². The summed E-state index contributed by atoms with van der Waals surface area (Å²) in [6.07, 6.45) is 1.81. The second-order valence-corrected chi connectivity index (χ2v) is 6.98. The van der Waals surface area contributed by atoms with E-state index in [2.05, 4.69) is 15.3 Å². The molecule has 0 aliphatic heterocycles. The maximum Gasteiger partial charge on any atom is 0.357 e. The molecule has 0 aromatic carbocycles. The smallest absolute Gasteiger partial charge is 0.357 e. The topological polar surface area (TPSA) is 90.4 Å². The van der Waals surface area contributed by atoms with Gasteiger partial charge in [-0.2, -0.15) is 0 Å². The molecule has 7 heteroatoms. The quantitative estimate of drug-likeness (QED) is 0.748. The third-order valence-electron chi connectivity index (χ3n) is 3.59. The SMILES string of the molecule is COC(=O)CC(NCc1cccc(C(=O)OC(C)(C)C)n1)c1ccccn1. The van der Waals surface area contributed by atoms with Crippen LogP contribution in [0.4, 0.5) is 0 Å². The molecule has 1 unspecified atom stereocenters. The Kier molecular flexibility index (Phi) is 7.01. The van der Waals surface area contributed by atoms with E-state index in [-0.39, 0.29) is 24.1 Å². The molecular weight excluding hydrogens is 346 g/mol. The number of methoxy groups -OCH3 is 1. The van der Waals surface area contributed by atoms with Crippen LogP contribution in [0.1, 0.15) is 55.1 Å². The zero-order chi connectivity index (χ0) is 19.9. The largest absolute Gasteiger partial charge is 0.469 e. The first kappa shape index (κ1) is 20.5. The van der Waals surface area contributed by atoms with Crippen LogP contribution in [-0.2, 0) is 20.8 Å². The first-order valence-corrected chi connectivity index (χ1v) is 8.69. The lowest BCUT2D eigenvalue weighted by molar-refractivity contribution is -0.141. The second-order valence-electron chi connectivity index (χ2n) is 6.98. The molecule has 2 rings (SSSR count). The number of esters is 2. The molecule has 2 aromatic rings. The number of ether oxygens (including phenoxy) is 2. The van der Waals surface area contributed by atoms with Crippen molar-refractivity contribution < 1.29 is 19.1 Å². The number of pyridine rings is 2. The van der Waals surface area contributed by atoms with E-state index < -0.39 is 11.6 Å². The lowest BCUT2D eigenvalue weighted by atomic mass is 10.1. The molecule has 0 amide bonds. The Bertz CT molecular complexity index is 772. The summed E-state index contributed by atoms with van der Waals surface area (Å²) in [5.41, 5.74) is 1.04. The fourth-order valence-electron chi connectivity index (χ4n) is 2.36. The number of hydrogen-bond donors (Lipinski definition) is 1. The molecule has 0 fully saturated rings. The molecule has 0 saturated carbocycles. The van der Waals surface area contributed by atoms with Crippen molar-refractivity contribution in [3.63, 3.8) is 0 Å². The average Bonchev–Trinajstić information content (AvgIpc) is 2.64. The van der Waals surface area contributed by atoms with Crippen molar-refractivity contribution in [3.8, 4) is 0 Å². The lowest BCUT2D eigenvalue weighted by Gasteiger charge is -2.19. The predicted octanol–water partition coefficient (Wildman–Crippen LogP) is 2.83. The fraction of sp³-hybridized carbons (Fsp3) is 0.400. The van der Waals surface area contributed by atoms with Crippen molar-refractivity contribution in [2.24, 2.45) is 0 Å². The van der Waals surface area contributed by atoms with Crippen LogP contribution in [0.25, 0.3) is 0 Å². The number of hydrogen-bond acceptors (Lipinski definition) is 7. The molecular formula is C20H25N3O4. The summed E-state index contributed by atoms with van der Waals surface area (Å²) in [7, 11) is 1.35.